The van der Waals surface area contributed by atoms with Crippen molar-refractivity contribution in [2.45, 2.75) is 19.3 Å². The highest BCUT2D eigenvalue weighted by molar-refractivity contribution is 6.34. The van der Waals surface area contributed by atoms with Gasteiger partial charge < -0.3 is 5.32 Å². The summed E-state index contributed by atoms with van der Waals surface area (Å²) in [5.41, 5.74) is 2.48. The maximum Gasteiger partial charge on any atom is 0.258 e. The number of halogens is 2. The fourth-order valence-electron chi connectivity index (χ4n) is 3.95. The first-order chi connectivity index (χ1) is 18.0. The van der Waals surface area contributed by atoms with Gasteiger partial charge in [0.15, 0.2) is 5.78 Å². The van der Waals surface area contributed by atoms with Crippen LogP contribution in [0.1, 0.15) is 40.1 Å². The topological polar surface area (TPSA) is 89.2 Å². The van der Waals surface area contributed by atoms with Crippen LogP contribution in [0.25, 0.3) is 16.9 Å². The first kappa shape index (κ1) is 24.3. The third-order valence-corrected chi connectivity index (χ3v) is 6.17. The summed E-state index contributed by atoms with van der Waals surface area (Å²) in [5, 5.41) is 7.47. The van der Waals surface area contributed by atoms with Gasteiger partial charge >= 0.3 is 0 Å². The molecule has 37 heavy (non-hydrogen) atoms. The van der Waals surface area contributed by atoms with E-state index < -0.39 is 11.7 Å². The molecule has 9 heteroatoms. The Bertz CT molecular complexity index is 1550. The lowest BCUT2D eigenvalue weighted by molar-refractivity contribution is 0.0978. The molecule has 0 unspecified atom stereocenters. The molecule has 0 radical (unpaired) electrons. The molecule has 184 valence electrons. The van der Waals surface area contributed by atoms with E-state index in [9.17, 15) is 14.0 Å². The van der Waals surface area contributed by atoms with Crippen molar-refractivity contribution in [2.75, 3.05) is 5.32 Å². The molecule has 0 atom stereocenters. The molecular weight excluding hydrogens is 493 g/mol. The van der Waals surface area contributed by atoms with Crippen molar-refractivity contribution in [1.29, 1.82) is 0 Å². The van der Waals surface area contributed by atoms with Crippen LogP contribution in [0.2, 0.25) is 5.02 Å². The minimum Gasteiger partial charge on any atom is -0.306 e. The van der Waals surface area contributed by atoms with Gasteiger partial charge in [0.05, 0.1) is 16.3 Å². The van der Waals surface area contributed by atoms with Gasteiger partial charge in [-0.05, 0) is 42.8 Å². The third kappa shape index (κ3) is 5.39. The summed E-state index contributed by atoms with van der Waals surface area (Å²) in [5.74, 6) is -0.915. The molecule has 3 heterocycles. The second-order valence-corrected chi connectivity index (χ2v) is 8.76. The highest BCUT2D eigenvalue weighted by Crippen LogP contribution is 2.27. The first-order valence-electron chi connectivity index (χ1n) is 11.6. The number of anilines is 1. The van der Waals surface area contributed by atoms with E-state index >= 15 is 0 Å². The average molecular weight is 514 g/mol. The van der Waals surface area contributed by atoms with E-state index in [1.165, 1.54) is 41.2 Å². The van der Waals surface area contributed by atoms with Crippen LogP contribution in [0, 0.1) is 5.82 Å². The van der Waals surface area contributed by atoms with Gasteiger partial charge in [-0.3, -0.25) is 19.6 Å². The zero-order chi connectivity index (χ0) is 25.8. The summed E-state index contributed by atoms with van der Waals surface area (Å²) in [6, 6.07) is 18.1. The average Bonchev–Trinajstić information content (AvgIpc) is 3.59. The molecule has 2 aromatic carbocycles. The second-order valence-electron chi connectivity index (χ2n) is 8.35. The summed E-state index contributed by atoms with van der Waals surface area (Å²) in [6.45, 7) is 0. The van der Waals surface area contributed by atoms with Crippen molar-refractivity contribution in [3.8, 4) is 16.9 Å². The monoisotopic (exact) mass is 513 g/mol. The van der Waals surface area contributed by atoms with Crippen molar-refractivity contribution in [3.63, 3.8) is 0 Å². The SMILES string of the molecule is O=C(CCC1=NC=CC1)c1cc(NC(=O)c2cc(-c3ncccc3F)ccc2Cl)n(-c2ccccc2)n1. The molecule has 1 amide bonds. The van der Waals surface area contributed by atoms with E-state index in [-0.39, 0.29) is 34.2 Å². The fraction of sp³-hybridized carbons (Fsp3) is 0.107. The number of carbonyl (C=O) groups excluding carboxylic acids is 2. The molecule has 1 aliphatic rings. The lowest BCUT2D eigenvalue weighted by Gasteiger charge is -2.11. The van der Waals surface area contributed by atoms with Crippen molar-refractivity contribution in [2.24, 2.45) is 4.99 Å². The quantitative estimate of drug-likeness (QED) is 0.280. The number of nitrogens with zero attached hydrogens (tertiary/aromatic N) is 4. The molecule has 0 saturated heterocycles. The smallest absolute Gasteiger partial charge is 0.258 e. The largest absolute Gasteiger partial charge is 0.306 e. The van der Waals surface area contributed by atoms with Crippen LogP contribution in [0.3, 0.4) is 0 Å². The molecule has 2 aromatic heterocycles. The first-order valence-corrected chi connectivity index (χ1v) is 12.0. The number of benzene rings is 2. The van der Waals surface area contributed by atoms with Gasteiger partial charge in [-0.1, -0.05) is 41.9 Å². The van der Waals surface area contributed by atoms with Crippen LogP contribution in [-0.4, -0.2) is 32.2 Å². The summed E-state index contributed by atoms with van der Waals surface area (Å²) >= 11 is 6.33. The highest BCUT2D eigenvalue weighted by Gasteiger charge is 2.20. The maximum absolute atomic E-state index is 14.3. The van der Waals surface area contributed by atoms with Crippen molar-refractivity contribution < 1.29 is 14.0 Å². The molecular formula is C28H21ClFN5O2. The highest BCUT2D eigenvalue weighted by atomic mass is 35.5. The maximum atomic E-state index is 14.3. The van der Waals surface area contributed by atoms with Crippen LogP contribution in [-0.2, 0) is 0 Å². The van der Waals surface area contributed by atoms with E-state index in [1.54, 1.807) is 12.3 Å². The molecule has 4 aromatic rings. The van der Waals surface area contributed by atoms with Gasteiger partial charge in [-0.2, -0.15) is 5.10 Å². The predicted octanol–water partition coefficient (Wildman–Crippen LogP) is 6.30. The summed E-state index contributed by atoms with van der Waals surface area (Å²) in [4.78, 5) is 34.5. The van der Waals surface area contributed by atoms with Gasteiger partial charge in [-0.25, -0.2) is 9.07 Å². The van der Waals surface area contributed by atoms with Crippen LogP contribution >= 0.6 is 11.6 Å². The minimum absolute atomic E-state index is 0.109. The Morgan fingerprint density at radius 1 is 1.05 bits per heavy atom. The molecule has 7 nitrogen and oxygen atoms in total. The predicted molar refractivity (Wildman–Crippen MR) is 141 cm³/mol. The van der Waals surface area contributed by atoms with Gasteiger partial charge in [0, 0.05) is 42.6 Å². The van der Waals surface area contributed by atoms with Crippen LogP contribution in [0.4, 0.5) is 10.2 Å². The second kappa shape index (κ2) is 10.7. The molecule has 0 bridgehead atoms. The number of ketones is 1. The van der Waals surface area contributed by atoms with Crippen LogP contribution < -0.4 is 5.32 Å². The van der Waals surface area contributed by atoms with Crippen molar-refractivity contribution in [3.05, 3.63) is 107 Å². The number of pyridine rings is 1. The van der Waals surface area contributed by atoms with Gasteiger partial charge in [0.1, 0.15) is 23.0 Å². The van der Waals surface area contributed by atoms with E-state index in [0.29, 0.717) is 23.5 Å². The molecule has 5 rings (SSSR count). The van der Waals surface area contributed by atoms with Crippen molar-refractivity contribution in [1.82, 2.24) is 14.8 Å². The molecule has 0 spiro atoms. The minimum atomic E-state index is -0.536. The summed E-state index contributed by atoms with van der Waals surface area (Å²) in [6.07, 6.45) is 6.69. The number of allylic oxidation sites excluding steroid dienone is 1. The molecule has 0 aliphatic carbocycles. The lowest BCUT2D eigenvalue weighted by Crippen LogP contribution is -2.15. The number of para-hydroxylation sites is 1. The van der Waals surface area contributed by atoms with Crippen LogP contribution in [0.15, 0.2) is 90.2 Å². The Labute approximate surface area is 217 Å². The number of carbonyl (C=O) groups is 2. The van der Waals surface area contributed by atoms with Gasteiger partial charge in [0.2, 0.25) is 0 Å². The number of nitrogens with one attached hydrogen (secondary N) is 1. The van der Waals surface area contributed by atoms with E-state index in [4.69, 9.17) is 11.6 Å². The third-order valence-electron chi connectivity index (χ3n) is 5.84. The Hall–Kier alpha value is -4.43. The zero-order valence-corrected chi connectivity index (χ0v) is 20.3. The Morgan fingerprint density at radius 2 is 1.89 bits per heavy atom. The van der Waals surface area contributed by atoms with Crippen LogP contribution in [0.5, 0.6) is 0 Å². The molecule has 1 aliphatic heterocycles. The van der Waals surface area contributed by atoms with Crippen molar-refractivity contribution >= 4 is 34.8 Å². The number of hydrogen-bond donors (Lipinski definition) is 1. The Balaban J connectivity index is 1.44. The Morgan fingerprint density at radius 3 is 2.65 bits per heavy atom. The zero-order valence-electron chi connectivity index (χ0n) is 19.6. The Kier molecular flexibility index (Phi) is 7.00. The normalized spacial score (nSPS) is 12.4. The van der Waals surface area contributed by atoms with E-state index in [0.717, 1.165) is 12.1 Å². The summed E-state index contributed by atoms with van der Waals surface area (Å²) < 4.78 is 15.8. The lowest BCUT2D eigenvalue weighted by atomic mass is 10.1. The molecule has 0 saturated carbocycles. The van der Waals surface area contributed by atoms with Gasteiger partial charge in [0.25, 0.3) is 5.91 Å². The fourth-order valence-corrected chi connectivity index (χ4v) is 4.16. The van der Waals surface area contributed by atoms with Gasteiger partial charge in [-0.15, -0.1) is 0 Å². The standard InChI is InChI=1S/C28H21ClFN5O2/c29-22-12-10-18(27-23(30)9-5-15-32-27)16-21(22)28(37)33-26-17-24(25(36)13-11-19-6-4-14-31-19)34-35(26)20-7-2-1-3-8-20/h1-5,7-10,12,14-17H,6,11,13H2,(H,33,37). The van der Waals surface area contributed by atoms with E-state index in [1.807, 2.05) is 36.4 Å². The number of aromatic nitrogens is 3. The number of hydrogen-bond acceptors (Lipinski definition) is 5. The number of Topliss-reactive ketones (excluding diaryl/α,β-unsaturated/α-hetero) is 1. The molecule has 0 fully saturated rings. The number of amides is 1. The van der Waals surface area contributed by atoms with E-state index in [2.05, 4.69) is 20.4 Å². The molecule has 1 N–H and O–H groups in total. The number of rotatable bonds is 8. The number of aliphatic imine (C=N–C) groups is 1. The summed E-state index contributed by atoms with van der Waals surface area (Å²) in [7, 11) is 0.